The van der Waals surface area contributed by atoms with Crippen molar-refractivity contribution in [2.75, 3.05) is 25.6 Å². The molecule has 0 aromatic carbocycles. The molecule has 0 N–H and O–H groups in total. The molecule has 8 nitrogen and oxygen atoms in total. The Bertz CT molecular complexity index is 576. The van der Waals surface area contributed by atoms with Crippen molar-refractivity contribution < 1.29 is 30.8 Å². The van der Waals surface area contributed by atoms with Crippen LogP contribution >= 0.6 is 0 Å². The molecule has 0 unspecified atom stereocenters. The second-order valence-corrected chi connectivity index (χ2v) is 9.85. The summed E-state index contributed by atoms with van der Waals surface area (Å²) in [6, 6.07) is 0.745. The fourth-order valence-corrected chi connectivity index (χ4v) is 5.68. The summed E-state index contributed by atoms with van der Waals surface area (Å²) in [4.78, 5) is 0. The van der Waals surface area contributed by atoms with Gasteiger partial charge in [-0.15, -0.1) is 0 Å². The van der Waals surface area contributed by atoms with E-state index in [-0.39, 0.29) is 5.75 Å². The summed E-state index contributed by atoms with van der Waals surface area (Å²) in [6.45, 7) is 8.82. The van der Waals surface area contributed by atoms with Crippen LogP contribution in [0.5, 0.6) is 0 Å². The Balaban J connectivity index is 2.48. The van der Waals surface area contributed by atoms with Crippen molar-refractivity contribution in [2.24, 2.45) is 0 Å². The Kier molecular flexibility index (Phi) is 9.83. The fourth-order valence-electron chi connectivity index (χ4n) is 2.61. The van der Waals surface area contributed by atoms with Crippen LogP contribution in [0.3, 0.4) is 0 Å². The Morgan fingerprint density at radius 2 is 1.68 bits per heavy atom. The molecule has 0 saturated carbocycles. The van der Waals surface area contributed by atoms with E-state index < -0.39 is 18.9 Å². The Morgan fingerprint density at radius 3 is 2.20 bits per heavy atom. The van der Waals surface area contributed by atoms with Crippen LogP contribution in [0, 0.1) is 0 Å². The SMILES string of the molecule is CCO[Si](CCCn1cc[n+](CCCS(=O)(=O)[O-])c1)(OCC)OCC. The molecule has 0 spiro atoms. The van der Waals surface area contributed by atoms with Crippen LogP contribution in [-0.4, -0.2) is 51.9 Å². The summed E-state index contributed by atoms with van der Waals surface area (Å²) < 4.78 is 53.3. The average Bonchev–Trinajstić information content (AvgIpc) is 2.94. The zero-order chi connectivity index (χ0) is 18.8. The van der Waals surface area contributed by atoms with E-state index in [2.05, 4.69) is 0 Å². The molecule has 0 aliphatic heterocycles. The van der Waals surface area contributed by atoms with Crippen molar-refractivity contribution in [3.05, 3.63) is 18.7 Å². The molecule has 25 heavy (non-hydrogen) atoms. The highest BCUT2D eigenvalue weighted by molar-refractivity contribution is 7.85. The topological polar surface area (TPSA) is 93.7 Å². The van der Waals surface area contributed by atoms with Gasteiger partial charge in [0.15, 0.2) is 0 Å². The van der Waals surface area contributed by atoms with Crippen molar-refractivity contribution in [3.63, 3.8) is 0 Å². The molecule has 1 heterocycles. The highest BCUT2D eigenvalue weighted by Gasteiger charge is 2.39. The lowest BCUT2D eigenvalue weighted by Crippen LogP contribution is -2.46. The van der Waals surface area contributed by atoms with Crippen molar-refractivity contribution in [1.29, 1.82) is 0 Å². The molecule has 0 radical (unpaired) electrons. The van der Waals surface area contributed by atoms with Crippen molar-refractivity contribution in [1.82, 2.24) is 4.57 Å². The summed E-state index contributed by atoms with van der Waals surface area (Å²) >= 11 is 0. The molecule has 0 atom stereocenters. The number of aryl methyl sites for hydroxylation is 2. The molecular weight excluding hydrogens is 364 g/mol. The molecule has 0 bridgehead atoms. The van der Waals surface area contributed by atoms with Crippen LogP contribution < -0.4 is 4.57 Å². The predicted octanol–water partition coefficient (Wildman–Crippen LogP) is 1.15. The zero-order valence-corrected chi connectivity index (χ0v) is 17.2. The molecule has 146 valence electrons. The van der Waals surface area contributed by atoms with Gasteiger partial charge in [-0.2, -0.15) is 0 Å². The summed E-state index contributed by atoms with van der Waals surface area (Å²) in [5, 5.41) is 0. The smallest absolute Gasteiger partial charge is 0.501 e. The van der Waals surface area contributed by atoms with Gasteiger partial charge in [0.1, 0.15) is 12.4 Å². The van der Waals surface area contributed by atoms with E-state index in [9.17, 15) is 13.0 Å². The van der Waals surface area contributed by atoms with Crippen LogP contribution in [0.25, 0.3) is 0 Å². The van der Waals surface area contributed by atoms with Gasteiger partial charge in [-0.3, -0.25) is 0 Å². The van der Waals surface area contributed by atoms with Gasteiger partial charge in [-0.05, 0) is 33.6 Å². The van der Waals surface area contributed by atoms with E-state index in [1.165, 1.54) is 0 Å². The second kappa shape index (κ2) is 11.0. The van der Waals surface area contributed by atoms with Gasteiger partial charge in [0.25, 0.3) is 0 Å². The zero-order valence-electron chi connectivity index (χ0n) is 15.3. The van der Waals surface area contributed by atoms with Crippen molar-refractivity contribution in [3.8, 4) is 0 Å². The van der Waals surface area contributed by atoms with Crippen molar-refractivity contribution >= 4 is 18.9 Å². The Labute approximate surface area is 151 Å². The number of hydrogen-bond acceptors (Lipinski definition) is 6. The predicted molar refractivity (Wildman–Crippen MR) is 93.9 cm³/mol. The third-order valence-corrected chi connectivity index (χ3v) is 7.49. The molecule has 0 aliphatic rings. The lowest BCUT2D eigenvalue weighted by Gasteiger charge is -2.28. The van der Waals surface area contributed by atoms with E-state index in [1.807, 2.05) is 48.6 Å². The number of aromatic nitrogens is 2. The largest absolute Gasteiger partial charge is 0.748 e. The summed E-state index contributed by atoms with van der Waals surface area (Å²) in [6.07, 6.45) is 6.88. The summed E-state index contributed by atoms with van der Waals surface area (Å²) in [7, 11) is -6.75. The van der Waals surface area contributed by atoms with Gasteiger partial charge in [0.05, 0.1) is 23.2 Å². The van der Waals surface area contributed by atoms with Gasteiger partial charge < -0.3 is 17.8 Å². The first kappa shape index (κ1) is 22.3. The second-order valence-electron chi connectivity index (χ2n) is 5.59. The Hall–Kier alpha value is -0.783. The van der Waals surface area contributed by atoms with Crippen molar-refractivity contribution in [2.45, 2.75) is 52.7 Å². The fraction of sp³-hybridized carbons (Fsp3) is 0.800. The molecule has 0 amide bonds. The van der Waals surface area contributed by atoms with Crippen LogP contribution in [0.1, 0.15) is 33.6 Å². The minimum Gasteiger partial charge on any atom is -0.748 e. The van der Waals surface area contributed by atoms with Gasteiger partial charge in [-0.25, -0.2) is 17.6 Å². The first-order valence-electron chi connectivity index (χ1n) is 8.74. The lowest BCUT2D eigenvalue weighted by molar-refractivity contribution is -0.696. The number of hydrogen-bond donors (Lipinski definition) is 0. The van der Waals surface area contributed by atoms with Crippen LogP contribution in [0.15, 0.2) is 18.7 Å². The average molecular weight is 395 g/mol. The summed E-state index contributed by atoms with van der Waals surface area (Å²) in [5.74, 6) is -0.337. The molecule has 1 rings (SSSR count). The minimum atomic E-state index is -4.14. The van der Waals surface area contributed by atoms with Crippen LogP contribution in [-0.2, 0) is 36.5 Å². The highest BCUT2D eigenvalue weighted by Crippen LogP contribution is 2.18. The Morgan fingerprint density at radius 1 is 1.08 bits per heavy atom. The molecular formula is C15H30N2O6SSi. The molecule has 10 heteroatoms. The number of imidazole rings is 1. The number of nitrogens with zero attached hydrogens (tertiary/aromatic N) is 2. The van der Waals surface area contributed by atoms with Crippen LogP contribution in [0.2, 0.25) is 6.04 Å². The lowest BCUT2D eigenvalue weighted by atomic mass is 10.5. The third-order valence-electron chi connectivity index (χ3n) is 3.55. The maximum Gasteiger partial charge on any atom is 0.501 e. The van der Waals surface area contributed by atoms with Gasteiger partial charge in [0, 0.05) is 31.6 Å². The van der Waals surface area contributed by atoms with Gasteiger partial charge in [0.2, 0.25) is 6.33 Å². The van der Waals surface area contributed by atoms with Gasteiger partial charge in [-0.1, -0.05) is 0 Å². The van der Waals surface area contributed by atoms with Crippen LogP contribution in [0.4, 0.5) is 0 Å². The molecule has 0 aliphatic carbocycles. The monoisotopic (exact) mass is 394 g/mol. The maximum atomic E-state index is 10.6. The minimum absolute atomic E-state index is 0.315. The van der Waals surface area contributed by atoms with E-state index in [0.717, 1.165) is 19.0 Å². The quantitative estimate of drug-likeness (QED) is 0.267. The molecule has 1 aromatic rings. The van der Waals surface area contributed by atoms with E-state index >= 15 is 0 Å². The van der Waals surface area contributed by atoms with E-state index in [4.69, 9.17) is 13.3 Å². The number of rotatable bonds is 14. The maximum absolute atomic E-state index is 10.6. The normalized spacial score (nSPS) is 12.6. The van der Waals surface area contributed by atoms with Gasteiger partial charge >= 0.3 is 8.80 Å². The molecule has 1 aromatic heterocycles. The standard InChI is InChI=1S/C15H30N2O6SSi/c1-4-21-25(22-5-2,23-6-3)14-8-10-17-12-11-16(15-17)9-7-13-24(18,19)20/h11-12,15H,4-10,13-14H2,1-3H3. The van der Waals surface area contributed by atoms with E-state index in [1.54, 1.807) is 0 Å². The third kappa shape index (κ3) is 8.93. The first-order chi connectivity index (χ1) is 11.8. The molecule has 0 fully saturated rings. The first-order valence-corrected chi connectivity index (χ1v) is 12.2. The summed E-state index contributed by atoms with van der Waals surface area (Å²) in [5.41, 5.74) is 0. The molecule has 0 saturated heterocycles. The highest BCUT2D eigenvalue weighted by atomic mass is 32.2. The van der Waals surface area contributed by atoms with E-state index in [0.29, 0.717) is 32.8 Å².